The van der Waals surface area contributed by atoms with Crippen LogP contribution in [-0.2, 0) is 5.41 Å². The average Bonchev–Trinajstić information content (AvgIpc) is 3.34. The zero-order valence-corrected chi connectivity index (χ0v) is 22.3. The lowest BCUT2D eigenvalue weighted by Crippen LogP contribution is -2.35. The summed E-state index contributed by atoms with van der Waals surface area (Å²) in [6.45, 7) is 11.2. The van der Waals surface area contributed by atoms with Crippen LogP contribution < -0.4 is 0 Å². The summed E-state index contributed by atoms with van der Waals surface area (Å²) in [5.41, 5.74) is 8.02. The normalized spacial score (nSPS) is 16.2. The molecule has 2 aromatic heterocycles. The Kier molecular flexibility index (Phi) is 6.96. The molecule has 36 heavy (non-hydrogen) atoms. The minimum absolute atomic E-state index is 0.177. The van der Waals surface area contributed by atoms with Crippen molar-refractivity contribution in [2.75, 3.05) is 13.1 Å². The number of aromatic amines is 1. The molecule has 1 atom stereocenters. The summed E-state index contributed by atoms with van der Waals surface area (Å²) in [7, 11) is 0. The summed E-state index contributed by atoms with van der Waals surface area (Å²) < 4.78 is 0. The molecule has 0 bridgehead atoms. The first-order valence-electron chi connectivity index (χ1n) is 12.8. The minimum atomic E-state index is 0.177. The molecular formula is C30H34ClN5. The van der Waals surface area contributed by atoms with E-state index in [4.69, 9.17) is 16.7 Å². The number of hydrogen-bond donors (Lipinski definition) is 1. The lowest BCUT2D eigenvalue weighted by molar-refractivity contribution is 0.161. The molecule has 5 rings (SSSR count). The maximum Gasteiger partial charge on any atom is 0.116 e. The van der Waals surface area contributed by atoms with Gasteiger partial charge in [0, 0.05) is 40.0 Å². The number of halogens is 1. The van der Waals surface area contributed by atoms with Crippen LogP contribution in [0.3, 0.4) is 0 Å². The first-order valence-corrected chi connectivity index (χ1v) is 13.1. The van der Waals surface area contributed by atoms with Crippen LogP contribution in [0.2, 0.25) is 5.02 Å². The van der Waals surface area contributed by atoms with Gasteiger partial charge in [-0.1, -0.05) is 68.8 Å². The molecule has 0 saturated carbocycles. The Morgan fingerprint density at radius 3 is 2.28 bits per heavy atom. The molecule has 0 amide bonds. The van der Waals surface area contributed by atoms with Crippen molar-refractivity contribution in [2.24, 2.45) is 0 Å². The van der Waals surface area contributed by atoms with Crippen molar-refractivity contribution in [3.05, 3.63) is 89.0 Å². The summed E-state index contributed by atoms with van der Waals surface area (Å²) in [5, 5.41) is 8.86. The molecule has 0 spiro atoms. The molecule has 6 heteroatoms. The SMILES string of the molecule is CC(c1ccc(C(C)(C)C)cc1)N1CCC(c2[nH]nc(-c3ccc(Cl)cc3)c2-c2ccncn2)CC1. The van der Waals surface area contributed by atoms with E-state index < -0.39 is 0 Å². The molecule has 5 nitrogen and oxygen atoms in total. The van der Waals surface area contributed by atoms with Crippen molar-refractivity contribution in [1.29, 1.82) is 0 Å². The summed E-state index contributed by atoms with van der Waals surface area (Å²) in [6.07, 6.45) is 5.54. The second-order valence-electron chi connectivity index (χ2n) is 10.8. The summed E-state index contributed by atoms with van der Waals surface area (Å²) in [6, 6.07) is 19.4. The highest BCUT2D eigenvalue weighted by Crippen LogP contribution is 2.40. The molecule has 186 valence electrons. The van der Waals surface area contributed by atoms with Gasteiger partial charge in [-0.25, -0.2) is 9.97 Å². The lowest BCUT2D eigenvalue weighted by Gasteiger charge is -2.36. The maximum atomic E-state index is 6.14. The molecule has 1 unspecified atom stereocenters. The molecule has 0 aliphatic carbocycles. The molecule has 1 aliphatic heterocycles. The number of nitrogens with zero attached hydrogens (tertiary/aromatic N) is 4. The number of piperidine rings is 1. The predicted octanol–water partition coefficient (Wildman–Crippen LogP) is 7.43. The Labute approximate surface area is 219 Å². The molecule has 4 aromatic rings. The first-order chi connectivity index (χ1) is 17.3. The molecule has 1 aliphatic rings. The number of hydrogen-bond acceptors (Lipinski definition) is 4. The van der Waals surface area contributed by atoms with Crippen molar-refractivity contribution < 1.29 is 0 Å². The third-order valence-electron chi connectivity index (χ3n) is 7.49. The number of benzene rings is 2. The Bertz CT molecular complexity index is 1280. The lowest BCUT2D eigenvalue weighted by atomic mass is 9.85. The van der Waals surface area contributed by atoms with Crippen LogP contribution in [0.25, 0.3) is 22.5 Å². The van der Waals surface area contributed by atoms with E-state index in [0.717, 1.165) is 48.4 Å². The number of rotatable bonds is 5. The Morgan fingerprint density at radius 1 is 0.972 bits per heavy atom. The predicted molar refractivity (Wildman–Crippen MR) is 147 cm³/mol. The largest absolute Gasteiger partial charge is 0.297 e. The zero-order chi connectivity index (χ0) is 25.3. The number of nitrogens with one attached hydrogen (secondary N) is 1. The molecular weight excluding hydrogens is 466 g/mol. The average molecular weight is 500 g/mol. The van der Waals surface area contributed by atoms with E-state index in [2.05, 4.69) is 71.9 Å². The fourth-order valence-corrected chi connectivity index (χ4v) is 5.34. The smallest absolute Gasteiger partial charge is 0.116 e. The van der Waals surface area contributed by atoms with Gasteiger partial charge in [0.1, 0.15) is 12.0 Å². The molecule has 1 fully saturated rings. The van der Waals surface area contributed by atoms with Crippen molar-refractivity contribution >= 4 is 11.6 Å². The molecule has 2 aromatic carbocycles. The van der Waals surface area contributed by atoms with Crippen LogP contribution in [0.15, 0.2) is 67.1 Å². The minimum Gasteiger partial charge on any atom is -0.297 e. The van der Waals surface area contributed by atoms with Crippen LogP contribution in [0.1, 0.15) is 69.3 Å². The van der Waals surface area contributed by atoms with E-state index >= 15 is 0 Å². The van der Waals surface area contributed by atoms with Gasteiger partial charge in [0.25, 0.3) is 0 Å². The monoisotopic (exact) mass is 499 g/mol. The van der Waals surface area contributed by atoms with Gasteiger partial charge in [-0.15, -0.1) is 0 Å². The quantitative estimate of drug-likeness (QED) is 0.310. The third kappa shape index (κ3) is 5.09. The summed E-state index contributed by atoms with van der Waals surface area (Å²) >= 11 is 6.14. The molecule has 1 saturated heterocycles. The van der Waals surface area contributed by atoms with E-state index in [9.17, 15) is 0 Å². The summed E-state index contributed by atoms with van der Waals surface area (Å²) in [5.74, 6) is 0.398. The van der Waals surface area contributed by atoms with Gasteiger partial charge in [0.15, 0.2) is 0 Å². The standard InChI is InChI=1S/C30H34ClN5/c1-20(21-5-9-24(10-6-21)30(2,3)4)36-17-14-23(15-18-36)29-27(26-13-16-32-19-33-26)28(34-35-29)22-7-11-25(31)12-8-22/h5-13,16,19-20,23H,14-15,17-18H2,1-4H3,(H,34,35). The van der Waals surface area contributed by atoms with Crippen molar-refractivity contribution in [3.8, 4) is 22.5 Å². The Balaban J connectivity index is 1.36. The number of aromatic nitrogens is 4. The van der Waals surface area contributed by atoms with Crippen molar-refractivity contribution in [3.63, 3.8) is 0 Å². The van der Waals surface area contributed by atoms with Gasteiger partial charge in [0.2, 0.25) is 0 Å². The Morgan fingerprint density at radius 2 is 1.67 bits per heavy atom. The second-order valence-corrected chi connectivity index (χ2v) is 11.3. The van der Waals surface area contributed by atoms with Crippen LogP contribution in [0, 0.1) is 0 Å². The fraction of sp³-hybridized carbons (Fsp3) is 0.367. The highest BCUT2D eigenvalue weighted by Gasteiger charge is 2.29. The number of H-pyrrole nitrogens is 1. The van der Waals surface area contributed by atoms with E-state index in [1.165, 1.54) is 16.8 Å². The van der Waals surface area contributed by atoms with Crippen LogP contribution in [-0.4, -0.2) is 38.2 Å². The first kappa shape index (κ1) is 24.7. The van der Waals surface area contributed by atoms with Gasteiger partial charge >= 0.3 is 0 Å². The van der Waals surface area contributed by atoms with E-state index in [1.54, 1.807) is 12.5 Å². The van der Waals surface area contributed by atoms with E-state index in [1.807, 2.05) is 30.3 Å². The van der Waals surface area contributed by atoms with Crippen LogP contribution in [0.4, 0.5) is 0 Å². The third-order valence-corrected chi connectivity index (χ3v) is 7.75. The molecule has 1 N–H and O–H groups in total. The van der Waals surface area contributed by atoms with Gasteiger partial charge < -0.3 is 0 Å². The van der Waals surface area contributed by atoms with Crippen LogP contribution in [0.5, 0.6) is 0 Å². The van der Waals surface area contributed by atoms with Gasteiger partial charge in [0.05, 0.1) is 5.69 Å². The Hall–Kier alpha value is -3.02. The molecule has 3 heterocycles. The zero-order valence-electron chi connectivity index (χ0n) is 21.5. The second kappa shape index (κ2) is 10.2. The number of likely N-dealkylation sites (tertiary alicyclic amines) is 1. The van der Waals surface area contributed by atoms with Crippen molar-refractivity contribution in [2.45, 2.75) is 57.9 Å². The topological polar surface area (TPSA) is 57.7 Å². The molecule has 0 radical (unpaired) electrons. The highest BCUT2D eigenvalue weighted by molar-refractivity contribution is 6.30. The van der Waals surface area contributed by atoms with Crippen LogP contribution >= 0.6 is 11.6 Å². The highest BCUT2D eigenvalue weighted by atomic mass is 35.5. The summed E-state index contributed by atoms with van der Waals surface area (Å²) in [4.78, 5) is 11.3. The van der Waals surface area contributed by atoms with E-state index in [-0.39, 0.29) is 5.41 Å². The van der Waals surface area contributed by atoms with E-state index in [0.29, 0.717) is 17.0 Å². The van der Waals surface area contributed by atoms with Gasteiger partial charge in [-0.3, -0.25) is 10.00 Å². The van der Waals surface area contributed by atoms with Crippen molar-refractivity contribution in [1.82, 2.24) is 25.1 Å². The van der Waals surface area contributed by atoms with Gasteiger partial charge in [-0.05, 0) is 67.6 Å². The maximum absolute atomic E-state index is 6.14. The van der Waals surface area contributed by atoms with Gasteiger partial charge in [-0.2, -0.15) is 5.10 Å². The fourth-order valence-electron chi connectivity index (χ4n) is 5.21.